The maximum atomic E-state index is 12.3. The molecule has 2 aromatic carbocycles. The lowest BCUT2D eigenvalue weighted by Crippen LogP contribution is -2.21. The third-order valence-electron chi connectivity index (χ3n) is 3.41. The molecule has 0 atom stereocenters. The van der Waals surface area contributed by atoms with E-state index in [1.165, 1.54) is 14.2 Å². The van der Waals surface area contributed by atoms with Crippen LogP contribution in [0.15, 0.2) is 40.9 Å². The van der Waals surface area contributed by atoms with Crippen molar-refractivity contribution in [3.63, 3.8) is 0 Å². The van der Waals surface area contributed by atoms with Crippen molar-refractivity contribution in [2.45, 2.75) is 6.92 Å². The van der Waals surface area contributed by atoms with Gasteiger partial charge in [0.05, 0.1) is 14.2 Å². The van der Waals surface area contributed by atoms with E-state index in [4.69, 9.17) is 14.2 Å². The Hall–Kier alpha value is -2.54. The smallest absolute Gasteiger partial charge is 0.346 e. The highest BCUT2D eigenvalue weighted by atomic mass is 79.9. The van der Waals surface area contributed by atoms with Gasteiger partial charge in [-0.3, -0.25) is 4.79 Å². The molecule has 0 fully saturated rings. The number of halogens is 1. The third kappa shape index (κ3) is 4.73. The lowest BCUT2D eigenvalue weighted by atomic mass is 10.2. The average molecular weight is 408 g/mol. The number of nitrogens with one attached hydrogen (secondary N) is 1. The Morgan fingerprint density at radius 3 is 2.28 bits per heavy atom. The normalized spacial score (nSPS) is 10.1. The summed E-state index contributed by atoms with van der Waals surface area (Å²) in [6.45, 7) is 1.49. The van der Waals surface area contributed by atoms with E-state index < -0.39 is 18.5 Å². The minimum Gasteiger partial charge on any atom is -0.496 e. The molecule has 0 spiro atoms. The summed E-state index contributed by atoms with van der Waals surface area (Å²) in [5, 5.41) is 2.67. The molecule has 1 N–H and O–H groups in total. The molecule has 132 valence electrons. The number of methoxy groups -OCH3 is 2. The number of carbonyl (C=O) groups is 2. The highest BCUT2D eigenvalue weighted by molar-refractivity contribution is 9.10. The number of aryl methyl sites for hydroxylation is 1. The van der Waals surface area contributed by atoms with Crippen molar-refractivity contribution in [1.82, 2.24) is 0 Å². The highest BCUT2D eigenvalue weighted by Crippen LogP contribution is 2.28. The molecule has 0 aliphatic carbocycles. The van der Waals surface area contributed by atoms with E-state index in [2.05, 4.69) is 21.2 Å². The second-order valence-corrected chi connectivity index (χ2v) is 5.98. The van der Waals surface area contributed by atoms with E-state index in [0.29, 0.717) is 17.2 Å². The number of esters is 1. The molecule has 25 heavy (non-hydrogen) atoms. The lowest BCUT2D eigenvalue weighted by molar-refractivity contribution is -0.119. The standard InChI is InChI=1S/C18H18BrNO5/c1-11-9-12(7-8-13(11)19)20-16(21)10-25-18(22)17-14(23-2)5-4-6-15(17)24-3/h4-9H,10H2,1-3H3,(H,20,21). The number of anilines is 1. The number of hydrogen-bond acceptors (Lipinski definition) is 5. The Kier molecular flexibility index (Phi) is 6.41. The van der Waals surface area contributed by atoms with Crippen LogP contribution in [0.4, 0.5) is 5.69 Å². The zero-order chi connectivity index (χ0) is 18.4. The van der Waals surface area contributed by atoms with Gasteiger partial charge in [0.25, 0.3) is 5.91 Å². The van der Waals surface area contributed by atoms with Gasteiger partial charge < -0.3 is 19.5 Å². The molecule has 0 aliphatic rings. The molecule has 0 saturated heterocycles. The monoisotopic (exact) mass is 407 g/mol. The van der Waals surface area contributed by atoms with Crippen LogP contribution in [0.1, 0.15) is 15.9 Å². The van der Waals surface area contributed by atoms with E-state index in [9.17, 15) is 9.59 Å². The van der Waals surface area contributed by atoms with Crippen molar-refractivity contribution in [2.24, 2.45) is 0 Å². The fraction of sp³-hybridized carbons (Fsp3) is 0.222. The van der Waals surface area contributed by atoms with Crippen LogP contribution in [0, 0.1) is 6.92 Å². The van der Waals surface area contributed by atoms with Gasteiger partial charge in [-0.1, -0.05) is 22.0 Å². The van der Waals surface area contributed by atoms with E-state index >= 15 is 0 Å². The number of benzene rings is 2. The number of carbonyl (C=O) groups excluding carboxylic acids is 2. The zero-order valence-corrected chi connectivity index (χ0v) is 15.7. The Balaban J connectivity index is 2.02. The maximum absolute atomic E-state index is 12.3. The summed E-state index contributed by atoms with van der Waals surface area (Å²) in [7, 11) is 2.88. The molecule has 1 amide bonds. The first-order chi connectivity index (χ1) is 12.0. The topological polar surface area (TPSA) is 73.9 Å². The van der Waals surface area contributed by atoms with Crippen LogP contribution in [0.2, 0.25) is 0 Å². The van der Waals surface area contributed by atoms with E-state index in [0.717, 1.165) is 10.0 Å². The summed E-state index contributed by atoms with van der Waals surface area (Å²) < 4.78 is 16.3. The summed E-state index contributed by atoms with van der Waals surface area (Å²) in [5.41, 5.74) is 1.74. The first-order valence-corrected chi connectivity index (χ1v) is 8.19. The van der Waals surface area contributed by atoms with E-state index in [1.807, 2.05) is 19.1 Å². The Morgan fingerprint density at radius 2 is 1.72 bits per heavy atom. The largest absolute Gasteiger partial charge is 0.496 e. The quantitative estimate of drug-likeness (QED) is 0.740. The molecule has 0 radical (unpaired) electrons. The first-order valence-electron chi connectivity index (χ1n) is 7.40. The maximum Gasteiger partial charge on any atom is 0.346 e. The number of ether oxygens (including phenoxy) is 3. The van der Waals surface area contributed by atoms with Crippen molar-refractivity contribution in [3.8, 4) is 11.5 Å². The van der Waals surface area contributed by atoms with Gasteiger partial charge in [0.15, 0.2) is 6.61 Å². The van der Waals surface area contributed by atoms with Crippen LogP contribution in [0.5, 0.6) is 11.5 Å². The molecule has 2 rings (SSSR count). The van der Waals surface area contributed by atoms with Gasteiger partial charge in [0, 0.05) is 10.2 Å². The van der Waals surface area contributed by atoms with Crippen LogP contribution in [0.3, 0.4) is 0 Å². The molecular formula is C18H18BrNO5. The van der Waals surface area contributed by atoms with Crippen LogP contribution < -0.4 is 14.8 Å². The van der Waals surface area contributed by atoms with Crippen molar-refractivity contribution < 1.29 is 23.8 Å². The van der Waals surface area contributed by atoms with Gasteiger partial charge in [0.1, 0.15) is 17.1 Å². The van der Waals surface area contributed by atoms with Gasteiger partial charge >= 0.3 is 5.97 Å². The van der Waals surface area contributed by atoms with Crippen molar-refractivity contribution in [1.29, 1.82) is 0 Å². The van der Waals surface area contributed by atoms with Crippen LogP contribution >= 0.6 is 15.9 Å². The number of hydrogen-bond donors (Lipinski definition) is 1. The average Bonchev–Trinajstić information content (AvgIpc) is 2.62. The molecular weight excluding hydrogens is 390 g/mol. The summed E-state index contributed by atoms with van der Waals surface area (Å²) in [6.07, 6.45) is 0. The second-order valence-electron chi connectivity index (χ2n) is 5.13. The van der Waals surface area contributed by atoms with E-state index in [-0.39, 0.29) is 5.56 Å². The molecule has 0 aromatic heterocycles. The zero-order valence-electron chi connectivity index (χ0n) is 14.1. The summed E-state index contributed by atoms with van der Waals surface area (Å²) in [5.74, 6) is -0.512. The van der Waals surface area contributed by atoms with Crippen molar-refractivity contribution in [3.05, 3.63) is 52.0 Å². The van der Waals surface area contributed by atoms with Gasteiger partial charge in [-0.2, -0.15) is 0 Å². The molecule has 0 saturated carbocycles. The predicted molar refractivity (Wildman–Crippen MR) is 97.3 cm³/mol. The van der Waals surface area contributed by atoms with Gasteiger partial charge in [0.2, 0.25) is 0 Å². The Labute approximate surface area is 154 Å². The Bertz CT molecular complexity index is 769. The molecule has 0 unspecified atom stereocenters. The van der Waals surface area contributed by atoms with Gasteiger partial charge in [-0.15, -0.1) is 0 Å². The summed E-state index contributed by atoms with van der Waals surface area (Å²) >= 11 is 3.39. The fourth-order valence-electron chi connectivity index (χ4n) is 2.18. The second kappa shape index (κ2) is 8.53. The van der Waals surface area contributed by atoms with Crippen molar-refractivity contribution >= 4 is 33.5 Å². The highest BCUT2D eigenvalue weighted by Gasteiger charge is 2.20. The molecule has 0 heterocycles. The van der Waals surface area contributed by atoms with Crippen LogP contribution in [-0.2, 0) is 9.53 Å². The number of rotatable bonds is 6. The Morgan fingerprint density at radius 1 is 1.08 bits per heavy atom. The molecule has 0 aliphatic heterocycles. The SMILES string of the molecule is COc1cccc(OC)c1C(=O)OCC(=O)Nc1ccc(Br)c(C)c1. The minimum atomic E-state index is -0.698. The fourth-order valence-corrected chi connectivity index (χ4v) is 2.42. The molecule has 7 heteroatoms. The number of amides is 1. The minimum absolute atomic E-state index is 0.139. The van der Waals surface area contributed by atoms with Crippen LogP contribution in [-0.4, -0.2) is 32.7 Å². The van der Waals surface area contributed by atoms with Crippen LogP contribution in [0.25, 0.3) is 0 Å². The molecule has 6 nitrogen and oxygen atoms in total. The summed E-state index contributed by atoms with van der Waals surface area (Å²) in [6, 6.07) is 10.3. The summed E-state index contributed by atoms with van der Waals surface area (Å²) in [4.78, 5) is 24.3. The molecule has 0 bridgehead atoms. The van der Waals surface area contributed by atoms with E-state index in [1.54, 1.807) is 24.3 Å². The lowest BCUT2D eigenvalue weighted by Gasteiger charge is -2.12. The third-order valence-corrected chi connectivity index (χ3v) is 4.30. The molecule has 2 aromatic rings. The van der Waals surface area contributed by atoms with Crippen molar-refractivity contribution in [2.75, 3.05) is 26.1 Å². The first kappa shape index (κ1) is 18.8. The predicted octanol–water partition coefficient (Wildman–Crippen LogP) is 3.57. The van der Waals surface area contributed by atoms with Gasteiger partial charge in [-0.05, 0) is 42.8 Å². The van der Waals surface area contributed by atoms with Gasteiger partial charge in [-0.25, -0.2) is 4.79 Å².